The molecular weight excluding hydrogens is 238 g/mol. The number of pyridine rings is 1. The van der Waals surface area contributed by atoms with E-state index in [1.54, 1.807) is 13.1 Å². The Kier molecular flexibility index (Phi) is 3.05. The number of rotatable bonds is 3. The maximum atomic E-state index is 9.39. The van der Waals surface area contributed by atoms with Gasteiger partial charge in [-0.05, 0) is 30.5 Å². The Labute approximate surface area is 111 Å². The monoisotopic (exact) mass is 253 g/mol. The zero-order valence-corrected chi connectivity index (χ0v) is 10.7. The third-order valence-corrected chi connectivity index (χ3v) is 3.10. The predicted molar refractivity (Wildman–Crippen MR) is 74.8 cm³/mol. The van der Waals surface area contributed by atoms with Gasteiger partial charge in [-0.15, -0.1) is 0 Å². The molecule has 2 aromatic heterocycles. The van der Waals surface area contributed by atoms with Crippen molar-refractivity contribution in [3.63, 3.8) is 0 Å². The fourth-order valence-corrected chi connectivity index (χ4v) is 2.26. The molecule has 0 aliphatic heterocycles. The average Bonchev–Trinajstić information content (AvgIpc) is 2.85. The molecule has 0 saturated carbocycles. The van der Waals surface area contributed by atoms with Crippen LogP contribution in [0.3, 0.4) is 0 Å². The van der Waals surface area contributed by atoms with Crippen LogP contribution in [0.15, 0.2) is 53.2 Å². The lowest BCUT2D eigenvalue weighted by atomic mass is 10.1. The fraction of sp³-hybridized carbons (Fsp3) is 0.188. The predicted octanol–water partition coefficient (Wildman–Crippen LogP) is 3.42. The van der Waals surface area contributed by atoms with Crippen molar-refractivity contribution in [1.82, 2.24) is 4.98 Å². The third kappa shape index (κ3) is 2.37. The molecule has 3 nitrogen and oxygen atoms in total. The van der Waals surface area contributed by atoms with Gasteiger partial charge in [-0.25, -0.2) is 0 Å². The summed E-state index contributed by atoms with van der Waals surface area (Å²) in [6.07, 6.45) is 3.77. The van der Waals surface area contributed by atoms with E-state index in [-0.39, 0.29) is 0 Å². The van der Waals surface area contributed by atoms with Gasteiger partial charge in [0.15, 0.2) is 0 Å². The number of fused-ring (bicyclic) bond motifs is 1. The minimum atomic E-state index is -0.393. The molecule has 0 spiro atoms. The molecule has 3 heteroatoms. The van der Waals surface area contributed by atoms with Gasteiger partial charge in [0, 0.05) is 29.8 Å². The highest BCUT2D eigenvalue weighted by Crippen LogP contribution is 2.29. The van der Waals surface area contributed by atoms with Crippen molar-refractivity contribution in [1.29, 1.82) is 0 Å². The lowest BCUT2D eigenvalue weighted by Gasteiger charge is -2.04. The Hall–Kier alpha value is -2.13. The minimum absolute atomic E-state index is 0.393. The molecule has 0 saturated heterocycles. The smallest absolute Gasteiger partial charge is 0.134 e. The third-order valence-electron chi connectivity index (χ3n) is 3.10. The minimum Gasteiger partial charge on any atom is -0.461 e. The molecule has 96 valence electrons. The van der Waals surface area contributed by atoms with E-state index in [9.17, 15) is 5.11 Å². The molecule has 0 aliphatic rings. The summed E-state index contributed by atoms with van der Waals surface area (Å²) in [6.45, 7) is 1.76. The van der Waals surface area contributed by atoms with Crippen molar-refractivity contribution in [3.8, 4) is 11.3 Å². The first kappa shape index (κ1) is 11.9. The summed E-state index contributed by atoms with van der Waals surface area (Å²) >= 11 is 0. The molecule has 2 heterocycles. The van der Waals surface area contributed by atoms with Gasteiger partial charge in [-0.2, -0.15) is 0 Å². The van der Waals surface area contributed by atoms with Gasteiger partial charge in [0.25, 0.3) is 0 Å². The summed E-state index contributed by atoms with van der Waals surface area (Å²) in [5, 5.41) is 11.6. The van der Waals surface area contributed by atoms with Crippen LogP contribution in [-0.2, 0) is 6.42 Å². The number of furan rings is 1. The zero-order valence-electron chi connectivity index (χ0n) is 10.7. The van der Waals surface area contributed by atoms with Crippen LogP contribution in [0.2, 0.25) is 0 Å². The highest BCUT2D eigenvalue weighted by molar-refractivity contribution is 5.94. The number of aliphatic hydroxyl groups excluding tert-OH is 1. The number of hydrogen-bond donors (Lipinski definition) is 1. The number of hydrogen-bond acceptors (Lipinski definition) is 3. The van der Waals surface area contributed by atoms with Crippen LogP contribution < -0.4 is 0 Å². The van der Waals surface area contributed by atoms with E-state index in [1.807, 2.05) is 42.6 Å². The topological polar surface area (TPSA) is 46.3 Å². The maximum absolute atomic E-state index is 9.39. The summed E-state index contributed by atoms with van der Waals surface area (Å²) in [5.41, 5.74) is 1.05. The molecule has 0 fully saturated rings. The van der Waals surface area contributed by atoms with Crippen molar-refractivity contribution in [2.24, 2.45) is 0 Å². The average molecular weight is 253 g/mol. The van der Waals surface area contributed by atoms with Crippen LogP contribution in [0.4, 0.5) is 0 Å². The first-order valence-corrected chi connectivity index (χ1v) is 6.34. The fourth-order valence-electron chi connectivity index (χ4n) is 2.26. The van der Waals surface area contributed by atoms with E-state index in [2.05, 4.69) is 4.98 Å². The van der Waals surface area contributed by atoms with Gasteiger partial charge >= 0.3 is 0 Å². The first-order chi connectivity index (χ1) is 9.24. The summed E-state index contributed by atoms with van der Waals surface area (Å²) in [4.78, 5) is 4.13. The molecule has 1 unspecified atom stereocenters. The molecule has 19 heavy (non-hydrogen) atoms. The van der Waals surface area contributed by atoms with Crippen LogP contribution in [0.25, 0.3) is 22.1 Å². The highest BCUT2D eigenvalue weighted by Gasteiger charge is 2.09. The summed E-state index contributed by atoms with van der Waals surface area (Å²) in [7, 11) is 0. The number of benzene rings is 1. The highest BCUT2D eigenvalue weighted by atomic mass is 16.3. The van der Waals surface area contributed by atoms with E-state index in [1.165, 1.54) is 0 Å². The molecule has 1 N–H and O–H groups in total. The number of nitrogens with zero attached hydrogens (tertiary/aromatic N) is 1. The Balaban J connectivity index is 2.06. The van der Waals surface area contributed by atoms with Gasteiger partial charge in [0.2, 0.25) is 0 Å². The van der Waals surface area contributed by atoms with Crippen molar-refractivity contribution in [2.75, 3.05) is 0 Å². The largest absolute Gasteiger partial charge is 0.461 e. The summed E-state index contributed by atoms with van der Waals surface area (Å²) in [5.74, 6) is 1.63. The standard InChI is InChI=1S/C16H15NO2/c1-11(18)9-13-5-6-16(19-13)15-4-2-3-12-10-17-8-7-14(12)15/h2-8,10-11,18H,9H2,1H3. The molecule has 3 aromatic rings. The normalized spacial score (nSPS) is 12.7. The van der Waals surface area contributed by atoms with Crippen LogP contribution in [0.1, 0.15) is 12.7 Å². The van der Waals surface area contributed by atoms with Crippen LogP contribution in [0.5, 0.6) is 0 Å². The Morgan fingerprint density at radius 2 is 2.11 bits per heavy atom. The molecule has 3 rings (SSSR count). The lowest BCUT2D eigenvalue weighted by molar-refractivity contribution is 0.187. The van der Waals surface area contributed by atoms with Gasteiger partial charge in [0.05, 0.1) is 6.10 Å². The van der Waals surface area contributed by atoms with E-state index in [0.717, 1.165) is 27.9 Å². The van der Waals surface area contributed by atoms with Gasteiger partial charge in [0.1, 0.15) is 11.5 Å². The molecular formula is C16H15NO2. The Bertz CT molecular complexity index is 695. The van der Waals surface area contributed by atoms with Crippen molar-refractivity contribution >= 4 is 10.8 Å². The zero-order chi connectivity index (χ0) is 13.2. The van der Waals surface area contributed by atoms with Crippen molar-refractivity contribution in [2.45, 2.75) is 19.4 Å². The Morgan fingerprint density at radius 1 is 1.21 bits per heavy atom. The maximum Gasteiger partial charge on any atom is 0.134 e. The quantitative estimate of drug-likeness (QED) is 0.778. The van der Waals surface area contributed by atoms with Gasteiger partial charge in [-0.3, -0.25) is 4.98 Å². The van der Waals surface area contributed by atoms with Crippen molar-refractivity contribution < 1.29 is 9.52 Å². The van der Waals surface area contributed by atoms with Crippen molar-refractivity contribution in [3.05, 3.63) is 54.6 Å². The molecule has 0 amide bonds. The first-order valence-electron chi connectivity index (χ1n) is 6.34. The summed E-state index contributed by atoms with van der Waals surface area (Å²) < 4.78 is 5.81. The van der Waals surface area contributed by atoms with Gasteiger partial charge in [-0.1, -0.05) is 18.2 Å². The van der Waals surface area contributed by atoms with E-state index >= 15 is 0 Å². The lowest BCUT2D eigenvalue weighted by Crippen LogP contribution is -2.02. The molecule has 0 bridgehead atoms. The molecule has 0 aliphatic carbocycles. The van der Waals surface area contributed by atoms with Crippen LogP contribution >= 0.6 is 0 Å². The second kappa shape index (κ2) is 4.86. The van der Waals surface area contributed by atoms with Gasteiger partial charge < -0.3 is 9.52 Å². The second-order valence-electron chi connectivity index (χ2n) is 4.72. The van der Waals surface area contributed by atoms with E-state index in [0.29, 0.717) is 6.42 Å². The summed E-state index contributed by atoms with van der Waals surface area (Å²) in [6, 6.07) is 11.9. The Morgan fingerprint density at radius 3 is 2.95 bits per heavy atom. The number of aliphatic hydroxyl groups is 1. The molecule has 0 radical (unpaired) electrons. The SMILES string of the molecule is CC(O)Cc1ccc(-c2cccc3cnccc23)o1. The van der Waals surface area contributed by atoms with E-state index in [4.69, 9.17) is 4.42 Å². The van der Waals surface area contributed by atoms with Crippen LogP contribution in [0, 0.1) is 0 Å². The second-order valence-corrected chi connectivity index (χ2v) is 4.72. The number of aromatic nitrogens is 1. The molecule has 1 aromatic carbocycles. The van der Waals surface area contributed by atoms with E-state index < -0.39 is 6.10 Å². The van der Waals surface area contributed by atoms with Crippen LogP contribution in [-0.4, -0.2) is 16.2 Å². The molecule has 1 atom stereocenters.